The first-order valence-corrected chi connectivity index (χ1v) is 7.05. The molecule has 2 aromatic rings. The number of benzene rings is 1. The zero-order valence-electron chi connectivity index (χ0n) is 12.6. The summed E-state index contributed by atoms with van der Waals surface area (Å²) < 4.78 is 5.68. The van der Waals surface area contributed by atoms with Crippen LogP contribution >= 0.6 is 0 Å². The zero-order chi connectivity index (χ0) is 15.2. The van der Waals surface area contributed by atoms with Crippen molar-refractivity contribution in [2.75, 3.05) is 6.61 Å². The Morgan fingerprint density at radius 2 is 2.24 bits per heavy atom. The van der Waals surface area contributed by atoms with E-state index in [2.05, 4.69) is 15.3 Å². The fourth-order valence-electron chi connectivity index (χ4n) is 2.01. The lowest BCUT2D eigenvalue weighted by molar-refractivity contribution is -0.122. The SMILES string of the molecule is Cc1ccc(C)c(OCCC(=O)NC(C)c2ncc[nH]2)c1. The number of hydrogen-bond donors (Lipinski definition) is 2. The predicted molar refractivity (Wildman–Crippen MR) is 81.2 cm³/mol. The number of rotatable bonds is 6. The molecule has 1 heterocycles. The number of amides is 1. The lowest BCUT2D eigenvalue weighted by Crippen LogP contribution is -2.28. The van der Waals surface area contributed by atoms with Crippen molar-refractivity contribution in [3.8, 4) is 5.75 Å². The second-order valence-corrected chi connectivity index (χ2v) is 5.13. The molecule has 0 saturated heterocycles. The number of H-pyrrole nitrogens is 1. The topological polar surface area (TPSA) is 67.0 Å². The third-order valence-electron chi connectivity index (χ3n) is 3.24. The maximum absolute atomic E-state index is 11.9. The molecular weight excluding hydrogens is 266 g/mol. The van der Waals surface area contributed by atoms with Gasteiger partial charge >= 0.3 is 0 Å². The largest absolute Gasteiger partial charge is 0.493 e. The highest BCUT2D eigenvalue weighted by atomic mass is 16.5. The Balaban J connectivity index is 1.78. The molecule has 0 aliphatic carbocycles. The molecule has 1 aromatic heterocycles. The summed E-state index contributed by atoms with van der Waals surface area (Å²) in [5, 5.41) is 2.88. The molecule has 0 fully saturated rings. The maximum Gasteiger partial charge on any atom is 0.224 e. The van der Waals surface area contributed by atoms with E-state index in [1.165, 1.54) is 0 Å². The molecule has 2 rings (SSSR count). The van der Waals surface area contributed by atoms with Crippen molar-refractivity contribution in [3.63, 3.8) is 0 Å². The Morgan fingerprint density at radius 3 is 2.95 bits per heavy atom. The van der Waals surface area contributed by atoms with Crippen LogP contribution < -0.4 is 10.1 Å². The third kappa shape index (κ3) is 4.34. The van der Waals surface area contributed by atoms with E-state index in [4.69, 9.17) is 4.74 Å². The van der Waals surface area contributed by atoms with Crippen LogP contribution in [0.25, 0.3) is 0 Å². The van der Waals surface area contributed by atoms with Gasteiger partial charge in [0.25, 0.3) is 0 Å². The van der Waals surface area contributed by atoms with Crippen LogP contribution in [0.2, 0.25) is 0 Å². The minimum atomic E-state index is -0.131. The summed E-state index contributed by atoms with van der Waals surface area (Å²) in [6, 6.07) is 5.91. The highest BCUT2D eigenvalue weighted by Crippen LogP contribution is 2.19. The van der Waals surface area contributed by atoms with Crippen LogP contribution in [0.15, 0.2) is 30.6 Å². The van der Waals surface area contributed by atoms with Crippen LogP contribution in [0.1, 0.15) is 36.3 Å². The van der Waals surface area contributed by atoms with Gasteiger partial charge in [-0.2, -0.15) is 0 Å². The highest BCUT2D eigenvalue weighted by Gasteiger charge is 2.11. The van der Waals surface area contributed by atoms with E-state index in [-0.39, 0.29) is 11.9 Å². The van der Waals surface area contributed by atoms with E-state index < -0.39 is 0 Å². The number of aromatic nitrogens is 2. The molecule has 5 heteroatoms. The molecule has 0 aliphatic heterocycles. The van der Waals surface area contributed by atoms with Crippen LogP contribution in [0.4, 0.5) is 0 Å². The molecular formula is C16H21N3O2. The minimum Gasteiger partial charge on any atom is -0.493 e. The van der Waals surface area contributed by atoms with E-state index in [1.54, 1.807) is 12.4 Å². The fourth-order valence-corrected chi connectivity index (χ4v) is 2.01. The van der Waals surface area contributed by atoms with Gasteiger partial charge < -0.3 is 15.0 Å². The van der Waals surface area contributed by atoms with Crippen molar-refractivity contribution in [3.05, 3.63) is 47.5 Å². The summed E-state index contributed by atoms with van der Waals surface area (Å²) in [4.78, 5) is 19.0. The monoisotopic (exact) mass is 287 g/mol. The minimum absolute atomic E-state index is 0.0517. The molecule has 0 aliphatic rings. The van der Waals surface area contributed by atoms with Gasteiger partial charge in [0.05, 0.1) is 19.1 Å². The fraction of sp³-hybridized carbons (Fsp3) is 0.375. The third-order valence-corrected chi connectivity index (χ3v) is 3.24. The second-order valence-electron chi connectivity index (χ2n) is 5.13. The first-order chi connectivity index (χ1) is 10.1. The molecule has 5 nitrogen and oxygen atoms in total. The van der Waals surface area contributed by atoms with Crippen molar-refractivity contribution >= 4 is 5.91 Å². The lowest BCUT2D eigenvalue weighted by Gasteiger charge is -2.13. The lowest BCUT2D eigenvalue weighted by atomic mass is 10.1. The van der Waals surface area contributed by atoms with E-state index in [9.17, 15) is 4.79 Å². The Hall–Kier alpha value is -2.30. The molecule has 0 bridgehead atoms. The smallest absolute Gasteiger partial charge is 0.224 e. The standard InChI is InChI=1S/C16H21N3O2/c1-11-4-5-12(2)14(10-11)21-9-6-15(20)19-13(3)16-17-7-8-18-16/h4-5,7-8,10,13H,6,9H2,1-3H3,(H,17,18)(H,19,20). The summed E-state index contributed by atoms with van der Waals surface area (Å²) in [5.74, 6) is 1.53. The Bertz CT molecular complexity index is 594. The number of imidazole rings is 1. The van der Waals surface area contributed by atoms with E-state index in [0.717, 1.165) is 22.7 Å². The number of carbonyl (C=O) groups is 1. The van der Waals surface area contributed by atoms with Crippen LogP contribution in [-0.4, -0.2) is 22.5 Å². The summed E-state index contributed by atoms with van der Waals surface area (Å²) in [5.41, 5.74) is 2.22. The highest BCUT2D eigenvalue weighted by molar-refractivity contribution is 5.76. The van der Waals surface area contributed by atoms with Crippen LogP contribution in [0.3, 0.4) is 0 Å². The van der Waals surface area contributed by atoms with Gasteiger partial charge in [-0.05, 0) is 38.0 Å². The molecule has 1 amide bonds. The Kier molecular flexibility index (Phi) is 4.98. The summed E-state index contributed by atoms with van der Waals surface area (Å²) in [6.45, 7) is 6.27. The zero-order valence-corrected chi connectivity index (χ0v) is 12.6. The number of aromatic amines is 1. The Morgan fingerprint density at radius 1 is 1.43 bits per heavy atom. The van der Waals surface area contributed by atoms with Gasteiger partial charge in [0.1, 0.15) is 11.6 Å². The van der Waals surface area contributed by atoms with E-state index >= 15 is 0 Å². The normalized spacial score (nSPS) is 12.0. The molecule has 0 saturated carbocycles. The number of nitrogens with zero attached hydrogens (tertiary/aromatic N) is 1. The second kappa shape index (κ2) is 6.92. The van der Waals surface area contributed by atoms with Crippen molar-refractivity contribution < 1.29 is 9.53 Å². The average Bonchev–Trinajstić information content (AvgIpc) is 2.97. The van der Waals surface area contributed by atoms with Gasteiger partial charge in [-0.15, -0.1) is 0 Å². The molecule has 21 heavy (non-hydrogen) atoms. The van der Waals surface area contributed by atoms with Gasteiger partial charge in [-0.3, -0.25) is 4.79 Å². The molecule has 0 spiro atoms. The van der Waals surface area contributed by atoms with Gasteiger partial charge in [-0.25, -0.2) is 4.98 Å². The molecule has 1 aromatic carbocycles. The number of nitrogens with one attached hydrogen (secondary N) is 2. The van der Waals surface area contributed by atoms with E-state index in [0.29, 0.717) is 13.0 Å². The van der Waals surface area contributed by atoms with Crippen molar-refractivity contribution in [2.45, 2.75) is 33.2 Å². The first-order valence-electron chi connectivity index (χ1n) is 7.05. The molecule has 0 radical (unpaired) electrons. The molecule has 112 valence electrons. The van der Waals surface area contributed by atoms with Crippen molar-refractivity contribution in [2.24, 2.45) is 0 Å². The molecule has 1 atom stereocenters. The van der Waals surface area contributed by atoms with Gasteiger partial charge in [-0.1, -0.05) is 12.1 Å². The van der Waals surface area contributed by atoms with Gasteiger partial charge in [0.2, 0.25) is 5.91 Å². The van der Waals surface area contributed by atoms with Gasteiger partial charge in [0.15, 0.2) is 0 Å². The number of aryl methyl sites for hydroxylation is 2. The summed E-state index contributed by atoms with van der Waals surface area (Å²) in [6.07, 6.45) is 3.72. The number of ether oxygens (including phenoxy) is 1. The maximum atomic E-state index is 11.9. The number of carbonyl (C=O) groups excluding carboxylic acids is 1. The quantitative estimate of drug-likeness (QED) is 0.858. The van der Waals surface area contributed by atoms with Crippen molar-refractivity contribution in [1.82, 2.24) is 15.3 Å². The average molecular weight is 287 g/mol. The van der Waals surface area contributed by atoms with Crippen LogP contribution in [0, 0.1) is 13.8 Å². The molecule has 2 N–H and O–H groups in total. The van der Waals surface area contributed by atoms with Crippen LogP contribution in [0.5, 0.6) is 5.75 Å². The van der Waals surface area contributed by atoms with Crippen LogP contribution in [-0.2, 0) is 4.79 Å². The first kappa shape index (κ1) is 15.1. The van der Waals surface area contributed by atoms with Crippen molar-refractivity contribution in [1.29, 1.82) is 0 Å². The molecule has 1 unspecified atom stereocenters. The summed E-state index contributed by atoms with van der Waals surface area (Å²) in [7, 11) is 0. The van der Waals surface area contributed by atoms with Gasteiger partial charge in [0, 0.05) is 12.4 Å². The van der Waals surface area contributed by atoms with E-state index in [1.807, 2.05) is 39.0 Å². The predicted octanol–water partition coefficient (Wildman–Crippen LogP) is 2.67. The number of hydrogen-bond acceptors (Lipinski definition) is 3. The Labute approximate surface area is 124 Å². The summed E-state index contributed by atoms with van der Waals surface area (Å²) >= 11 is 0.